The maximum Gasteiger partial charge on any atom is 2.00 e. The van der Waals surface area contributed by atoms with Gasteiger partial charge in [0, 0.05) is 11.5 Å². The second-order valence-corrected chi connectivity index (χ2v) is 2.23. The molecule has 0 saturated carbocycles. The van der Waals surface area contributed by atoms with E-state index >= 15 is 0 Å². The third-order valence-corrected chi connectivity index (χ3v) is 1.57. The Kier molecular flexibility index (Phi) is 11.9. The molecule has 2 atom stereocenters. The van der Waals surface area contributed by atoms with E-state index in [0.717, 1.165) is 0 Å². The topological polar surface area (TPSA) is 40.5 Å². The molecule has 0 aliphatic heterocycles. The van der Waals surface area contributed by atoms with Crippen molar-refractivity contribution in [3.63, 3.8) is 0 Å². The summed E-state index contributed by atoms with van der Waals surface area (Å²) in [5, 5.41) is 17.5. The van der Waals surface area contributed by atoms with E-state index in [4.69, 9.17) is 10.2 Å². The molecule has 0 bridgehead atoms. The number of hydrogen-bond acceptors (Lipinski definition) is 4. The predicted molar refractivity (Wildman–Crippen MR) is 47.7 cm³/mol. The van der Waals surface area contributed by atoms with Crippen LogP contribution >= 0.6 is 25.3 Å². The number of aliphatic hydroxyl groups excluding tert-OH is 2. The Labute approximate surface area is 98.8 Å². The minimum atomic E-state index is -0.740. The SMILES string of the molecule is O[C@H](CS)[C@H](O)CS.[Ca+2].[H-].[H-]. The summed E-state index contributed by atoms with van der Waals surface area (Å²) in [6.07, 6.45) is -1.48. The van der Waals surface area contributed by atoms with E-state index in [1.54, 1.807) is 0 Å². The standard InChI is InChI=1S/C4H10O2S2.Ca.2H/c5-3(1-7)4(6)2-8;;;/h3-8H,1-2H2;;;/q;+2;2*-1/t3-,4-;;;/m1.../s1. The second kappa shape index (κ2) is 7.98. The van der Waals surface area contributed by atoms with Gasteiger partial charge in [0.15, 0.2) is 0 Å². The van der Waals surface area contributed by atoms with Gasteiger partial charge in [-0.05, 0) is 0 Å². The van der Waals surface area contributed by atoms with Crippen molar-refractivity contribution in [2.75, 3.05) is 11.5 Å². The van der Waals surface area contributed by atoms with Crippen LogP contribution in [0.25, 0.3) is 0 Å². The molecule has 9 heavy (non-hydrogen) atoms. The molecule has 2 nitrogen and oxygen atoms in total. The van der Waals surface area contributed by atoms with Crippen LogP contribution in [0.2, 0.25) is 0 Å². The van der Waals surface area contributed by atoms with Crippen molar-refractivity contribution in [1.29, 1.82) is 0 Å². The molecular weight excluding hydrogens is 184 g/mol. The van der Waals surface area contributed by atoms with Crippen molar-refractivity contribution in [2.24, 2.45) is 0 Å². The summed E-state index contributed by atoms with van der Waals surface area (Å²) in [6.45, 7) is 0. The first kappa shape index (κ1) is 13.5. The Morgan fingerprint density at radius 2 is 1.33 bits per heavy atom. The summed E-state index contributed by atoms with van der Waals surface area (Å²) in [5.74, 6) is 0.559. The van der Waals surface area contributed by atoms with Crippen LogP contribution in [-0.2, 0) is 0 Å². The Morgan fingerprint density at radius 1 is 1.11 bits per heavy atom. The summed E-state index contributed by atoms with van der Waals surface area (Å²) >= 11 is 7.53. The molecule has 54 valence electrons. The summed E-state index contributed by atoms with van der Waals surface area (Å²) in [6, 6.07) is 0. The fraction of sp³-hybridized carbons (Fsp3) is 1.00. The summed E-state index contributed by atoms with van der Waals surface area (Å²) in [4.78, 5) is 0. The van der Waals surface area contributed by atoms with Gasteiger partial charge in [-0.3, -0.25) is 0 Å². The summed E-state index contributed by atoms with van der Waals surface area (Å²) in [7, 11) is 0. The molecule has 0 radical (unpaired) electrons. The van der Waals surface area contributed by atoms with Crippen LogP contribution in [0, 0.1) is 0 Å². The molecule has 0 aromatic rings. The van der Waals surface area contributed by atoms with Crippen LogP contribution in [0.4, 0.5) is 0 Å². The largest absolute Gasteiger partial charge is 2.00 e. The summed E-state index contributed by atoms with van der Waals surface area (Å²) in [5.41, 5.74) is 0. The van der Waals surface area contributed by atoms with Gasteiger partial charge in [0.25, 0.3) is 0 Å². The molecule has 0 aromatic carbocycles. The molecule has 0 aliphatic carbocycles. The molecule has 5 heteroatoms. The van der Waals surface area contributed by atoms with Crippen LogP contribution < -0.4 is 0 Å². The van der Waals surface area contributed by atoms with Gasteiger partial charge in [0.1, 0.15) is 0 Å². The van der Waals surface area contributed by atoms with Crippen molar-refractivity contribution in [3.05, 3.63) is 0 Å². The van der Waals surface area contributed by atoms with Gasteiger partial charge in [0.2, 0.25) is 0 Å². The minimum Gasteiger partial charge on any atom is -1.00 e. The molecule has 0 spiro atoms. The number of aliphatic hydroxyl groups is 2. The quantitative estimate of drug-likeness (QED) is 0.360. The average molecular weight is 196 g/mol. The fourth-order valence-corrected chi connectivity index (χ4v) is 0.730. The first-order chi connectivity index (χ1) is 3.72. The maximum atomic E-state index is 8.75. The third-order valence-electron chi connectivity index (χ3n) is 0.818. The van der Waals surface area contributed by atoms with Crippen LogP contribution in [0.15, 0.2) is 0 Å². The van der Waals surface area contributed by atoms with E-state index in [2.05, 4.69) is 25.3 Å². The van der Waals surface area contributed by atoms with Gasteiger partial charge in [-0.1, -0.05) is 0 Å². The van der Waals surface area contributed by atoms with Crippen molar-refractivity contribution in [2.45, 2.75) is 12.2 Å². The normalized spacial score (nSPS) is 16.0. The van der Waals surface area contributed by atoms with Crippen LogP contribution in [0.5, 0.6) is 0 Å². The Bertz CT molecular complexity index is 64.1. The van der Waals surface area contributed by atoms with Gasteiger partial charge >= 0.3 is 37.7 Å². The van der Waals surface area contributed by atoms with E-state index in [-0.39, 0.29) is 52.1 Å². The first-order valence-electron chi connectivity index (χ1n) is 2.30. The van der Waals surface area contributed by atoms with E-state index in [1.807, 2.05) is 0 Å². The Balaban J connectivity index is -0.0000000817. The van der Waals surface area contributed by atoms with Crippen LogP contribution in [-0.4, -0.2) is 71.7 Å². The molecule has 0 heterocycles. The van der Waals surface area contributed by atoms with Gasteiger partial charge in [-0.15, -0.1) is 0 Å². The third kappa shape index (κ3) is 6.28. The van der Waals surface area contributed by atoms with Crippen molar-refractivity contribution in [3.8, 4) is 0 Å². The van der Waals surface area contributed by atoms with Crippen molar-refractivity contribution >= 4 is 63.0 Å². The zero-order chi connectivity index (χ0) is 6.57. The van der Waals surface area contributed by atoms with E-state index in [9.17, 15) is 0 Å². The second-order valence-electron chi connectivity index (χ2n) is 1.50. The monoisotopic (exact) mass is 196 g/mol. The Morgan fingerprint density at radius 3 is 1.44 bits per heavy atom. The zero-order valence-electron chi connectivity index (χ0n) is 7.06. The number of rotatable bonds is 3. The van der Waals surface area contributed by atoms with E-state index in [1.165, 1.54) is 0 Å². The zero-order valence-corrected chi connectivity index (χ0v) is 9.06. The van der Waals surface area contributed by atoms with Crippen LogP contribution in [0.1, 0.15) is 2.85 Å². The smallest absolute Gasteiger partial charge is 1.00 e. The average Bonchev–Trinajstić information content (AvgIpc) is 1.84. The number of thiol groups is 2. The summed E-state index contributed by atoms with van der Waals surface area (Å²) < 4.78 is 0. The maximum absolute atomic E-state index is 8.75. The van der Waals surface area contributed by atoms with Gasteiger partial charge < -0.3 is 13.1 Å². The Hall–Kier alpha value is 1.88. The van der Waals surface area contributed by atoms with Gasteiger partial charge in [-0.2, -0.15) is 25.3 Å². The molecule has 0 aliphatic rings. The molecule has 0 fully saturated rings. The molecule has 0 rings (SSSR count). The fourth-order valence-electron chi connectivity index (χ4n) is 0.243. The van der Waals surface area contributed by atoms with Crippen LogP contribution in [0.3, 0.4) is 0 Å². The van der Waals surface area contributed by atoms with E-state index < -0.39 is 12.2 Å². The molecule has 0 amide bonds. The van der Waals surface area contributed by atoms with Crippen molar-refractivity contribution in [1.82, 2.24) is 0 Å². The molecule has 2 N–H and O–H groups in total. The molecule has 0 saturated heterocycles. The molecule has 0 unspecified atom stereocenters. The first-order valence-corrected chi connectivity index (χ1v) is 3.56. The van der Waals surface area contributed by atoms with Gasteiger partial charge in [-0.25, -0.2) is 0 Å². The molecule has 0 aromatic heterocycles. The predicted octanol–water partition coefficient (Wildman–Crippen LogP) is -0.588. The van der Waals surface area contributed by atoms with Gasteiger partial charge in [0.05, 0.1) is 12.2 Å². The minimum absolute atomic E-state index is 0. The number of hydrogen-bond donors (Lipinski definition) is 4. The van der Waals surface area contributed by atoms with E-state index in [0.29, 0.717) is 0 Å². The van der Waals surface area contributed by atoms with Crippen molar-refractivity contribution < 1.29 is 13.1 Å². The molecular formula is C4H12CaO2S2.